The molecule has 0 spiro atoms. The molecule has 1 amide bonds. The van der Waals surface area contributed by atoms with Crippen LogP contribution in [0.1, 0.15) is 77.6 Å². The van der Waals surface area contributed by atoms with Gasteiger partial charge in [0.05, 0.1) is 6.42 Å². The number of amides is 1. The largest absolute Gasteiger partial charge is 0.481 e. The van der Waals surface area contributed by atoms with Gasteiger partial charge in [0.2, 0.25) is 5.91 Å². The number of hydrogen-bond donors (Lipinski definition) is 2. The minimum absolute atomic E-state index is 0.274. The van der Waals surface area contributed by atoms with Crippen molar-refractivity contribution in [3.05, 3.63) is 0 Å². The predicted molar refractivity (Wildman–Crippen MR) is 88.3 cm³/mol. The van der Waals surface area contributed by atoms with Crippen molar-refractivity contribution in [3.63, 3.8) is 0 Å². The van der Waals surface area contributed by atoms with E-state index in [2.05, 4.69) is 6.92 Å². The molecule has 0 saturated heterocycles. The fraction of sp³-hybridized carbons (Fsp3) is 0.824. The zero-order valence-corrected chi connectivity index (χ0v) is 14.4. The third kappa shape index (κ3) is 10.7. The molecule has 6 nitrogen and oxygen atoms in total. The Morgan fingerprint density at radius 1 is 0.870 bits per heavy atom. The highest BCUT2D eigenvalue weighted by molar-refractivity contribution is 5.86. The van der Waals surface area contributed by atoms with Crippen LogP contribution in [0.15, 0.2) is 0 Å². The molecular weight excluding hydrogens is 298 g/mol. The summed E-state index contributed by atoms with van der Waals surface area (Å²) in [6, 6.07) is -1.29. The van der Waals surface area contributed by atoms with Gasteiger partial charge in [0.1, 0.15) is 6.04 Å². The van der Waals surface area contributed by atoms with Crippen LogP contribution < -0.4 is 0 Å². The lowest BCUT2D eigenvalue weighted by Gasteiger charge is -2.23. The van der Waals surface area contributed by atoms with E-state index in [1.165, 1.54) is 45.6 Å². The van der Waals surface area contributed by atoms with Crippen molar-refractivity contribution in [2.75, 3.05) is 7.05 Å². The van der Waals surface area contributed by atoms with Gasteiger partial charge in [0.25, 0.3) is 0 Å². The number of nitrogens with zero attached hydrogens (tertiary/aromatic N) is 1. The van der Waals surface area contributed by atoms with Gasteiger partial charge in [-0.25, -0.2) is 4.79 Å². The zero-order chi connectivity index (χ0) is 17.7. The molecule has 0 heterocycles. The van der Waals surface area contributed by atoms with Crippen molar-refractivity contribution in [1.82, 2.24) is 4.90 Å². The Kier molecular flexibility index (Phi) is 12.0. The van der Waals surface area contributed by atoms with E-state index in [0.29, 0.717) is 0 Å². The number of carbonyl (C=O) groups is 3. The number of rotatable bonds is 14. The number of hydrogen-bond acceptors (Lipinski definition) is 3. The third-order valence-electron chi connectivity index (χ3n) is 4.01. The first kappa shape index (κ1) is 21.4. The second kappa shape index (κ2) is 12.9. The summed E-state index contributed by atoms with van der Waals surface area (Å²) in [6.45, 7) is 2.19. The number of unbranched alkanes of at least 4 members (excludes halogenated alkanes) is 8. The molecule has 23 heavy (non-hydrogen) atoms. The summed E-state index contributed by atoms with van der Waals surface area (Å²) in [6.07, 6.45) is 9.95. The molecule has 134 valence electrons. The minimum Gasteiger partial charge on any atom is -0.481 e. The zero-order valence-electron chi connectivity index (χ0n) is 14.4. The lowest BCUT2D eigenvalue weighted by atomic mass is 10.1. The van der Waals surface area contributed by atoms with Crippen molar-refractivity contribution in [3.8, 4) is 0 Å². The normalized spacial score (nSPS) is 11.9. The Labute approximate surface area is 138 Å². The third-order valence-corrected chi connectivity index (χ3v) is 4.01. The summed E-state index contributed by atoms with van der Waals surface area (Å²) in [5.41, 5.74) is 0. The van der Waals surface area contributed by atoms with Gasteiger partial charge in [-0.2, -0.15) is 0 Å². The monoisotopic (exact) mass is 329 g/mol. The molecule has 0 unspecified atom stereocenters. The molecule has 0 aliphatic carbocycles. The lowest BCUT2D eigenvalue weighted by Crippen LogP contribution is -2.43. The Hall–Kier alpha value is -1.59. The van der Waals surface area contributed by atoms with Gasteiger partial charge < -0.3 is 15.1 Å². The smallest absolute Gasteiger partial charge is 0.327 e. The highest BCUT2D eigenvalue weighted by Gasteiger charge is 2.28. The number of likely N-dealkylation sites (N-methyl/N-ethyl adjacent to an activating group) is 1. The molecule has 0 rings (SSSR count). The van der Waals surface area contributed by atoms with E-state index >= 15 is 0 Å². The molecule has 0 saturated carbocycles. The van der Waals surface area contributed by atoms with Crippen LogP contribution in [0.5, 0.6) is 0 Å². The molecule has 2 N–H and O–H groups in total. The van der Waals surface area contributed by atoms with Gasteiger partial charge in [0, 0.05) is 13.5 Å². The standard InChI is InChI=1S/C17H31NO5/c1-3-4-5-6-7-8-9-10-11-12-15(19)18(2)14(17(22)23)13-16(20)21/h14H,3-13H2,1-2H3,(H,20,21)(H,22,23)/t14-/m0/s1. The van der Waals surface area contributed by atoms with Crippen LogP contribution in [0, 0.1) is 0 Å². The van der Waals surface area contributed by atoms with Gasteiger partial charge in [-0.05, 0) is 6.42 Å². The molecule has 0 aromatic heterocycles. The number of carbonyl (C=O) groups excluding carboxylic acids is 1. The van der Waals surface area contributed by atoms with Gasteiger partial charge in [-0.1, -0.05) is 58.3 Å². The molecule has 0 aliphatic rings. The number of aliphatic carboxylic acids is 2. The molecule has 0 radical (unpaired) electrons. The summed E-state index contributed by atoms with van der Waals surface area (Å²) in [5.74, 6) is -2.81. The van der Waals surface area contributed by atoms with Crippen LogP contribution >= 0.6 is 0 Å². The molecule has 0 aromatic rings. The summed E-state index contributed by atoms with van der Waals surface area (Å²) < 4.78 is 0. The molecule has 0 aliphatic heterocycles. The topological polar surface area (TPSA) is 94.9 Å². The van der Waals surface area contributed by atoms with Crippen molar-refractivity contribution in [1.29, 1.82) is 0 Å². The van der Waals surface area contributed by atoms with Crippen molar-refractivity contribution >= 4 is 17.8 Å². The molecule has 1 atom stereocenters. The summed E-state index contributed by atoms with van der Waals surface area (Å²) in [4.78, 5) is 34.7. The van der Waals surface area contributed by atoms with E-state index in [4.69, 9.17) is 10.2 Å². The Morgan fingerprint density at radius 3 is 1.78 bits per heavy atom. The average molecular weight is 329 g/mol. The van der Waals surface area contributed by atoms with E-state index < -0.39 is 24.4 Å². The highest BCUT2D eigenvalue weighted by atomic mass is 16.4. The molecule has 0 fully saturated rings. The second-order valence-corrected chi connectivity index (χ2v) is 6.03. The quantitative estimate of drug-likeness (QED) is 0.477. The molecule has 0 aromatic carbocycles. The van der Waals surface area contributed by atoms with Crippen molar-refractivity contribution in [2.45, 2.75) is 83.6 Å². The summed E-state index contributed by atoms with van der Waals surface area (Å²) >= 11 is 0. The summed E-state index contributed by atoms with van der Waals surface area (Å²) in [7, 11) is 1.36. The fourth-order valence-corrected chi connectivity index (χ4v) is 2.49. The Morgan fingerprint density at radius 2 is 1.35 bits per heavy atom. The first-order valence-corrected chi connectivity index (χ1v) is 8.60. The first-order chi connectivity index (χ1) is 10.9. The Bertz CT molecular complexity index is 370. The molecular formula is C17H31NO5. The molecule has 6 heteroatoms. The van der Waals surface area contributed by atoms with Crippen molar-refractivity contribution < 1.29 is 24.6 Å². The van der Waals surface area contributed by atoms with E-state index in [1.54, 1.807) is 0 Å². The lowest BCUT2D eigenvalue weighted by molar-refractivity contribution is -0.153. The van der Waals surface area contributed by atoms with Crippen molar-refractivity contribution in [2.24, 2.45) is 0 Å². The maximum atomic E-state index is 11.9. The van der Waals surface area contributed by atoms with Gasteiger partial charge in [0.15, 0.2) is 0 Å². The van der Waals surface area contributed by atoms with E-state index in [1.807, 2.05) is 0 Å². The molecule has 0 bridgehead atoms. The van der Waals surface area contributed by atoms with Gasteiger partial charge in [-0.15, -0.1) is 0 Å². The van der Waals surface area contributed by atoms with E-state index in [9.17, 15) is 14.4 Å². The first-order valence-electron chi connectivity index (χ1n) is 8.60. The van der Waals surface area contributed by atoms with Gasteiger partial charge >= 0.3 is 11.9 Å². The summed E-state index contributed by atoms with van der Waals surface area (Å²) in [5, 5.41) is 17.7. The minimum atomic E-state index is -1.29. The predicted octanol–water partition coefficient (Wildman–Crippen LogP) is 3.29. The SMILES string of the molecule is CCCCCCCCCCCC(=O)N(C)[C@@H](CC(=O)O)C(=O)O. The van der Waals surface area contributed by atoms with Gasteiger partial charge in [-0.3, -0.25) is 9.59 Å². The average Bonchev–Trinajstić information content (AvgIpc) is 2.49. The van der Waals surface area contributed by atoms with E-state index in [0.717, 1.165) is 24.2 Å². The number of carboxylic acid groups (broad SMARTS) is 2. The fourth-order valence-electron chi connectivity index (χ4n) is 2.49. The van der Waals surface area contributed by atoms with Crippen LogP contribution in [0.25, 0.3) is 0 Å². The van der Waals surface area contributed by atoms with Crippen LogP contribution in [-0.4, -0.2) is 46.0 Å². The van der Waals surface area contributed by atoms with E-state index in [-0.39, 0.29) is 12.3 Å². The maximum absolute atomic E-state index is 11.9. The highest BCUT2D eigenvalue weighted by Crippen LogP contribution is 2.12. The maximum Gasteiger partial charge on any atom is 0.327 e. The van der Waals surface area contributed by atoms with Crippen LogP contribution in [0.3, 0.4) is 0 Å². The Balaban J connectivity index is 3.87. The van der Waals surface area contributed by atoms with Crippen LogP contribution in [-0.2, 0) is 14.4 Å². The second-order valence-electron chi connectivity index (χ2n) is 6.03. The van der Waals surface area contributed by atoms with Crippen LogP contribution in [0.2, 0.25) is 0 Å². The number of carboxylic acids is 2. The van der Waals surface area contributed by atoms with Crippen LogP contribution in [0.4, 0.5) is 0 Å².